The van der Waals surface area contributed by atoms with Crippen molar-refractivity contribution in [3.8, 4) is 22.5 Å². The van der Waals surface area contributed by atoms with Crippen molar-refractivity contribution in [2.75, 3.05) is 31.1 Å². The summed E-state index contributed by atoms with van der Waals surface area (Å²) < 4.78 is 0. The van der Waals surface area contributed by atoms with Gasteiger partial charge in [0.2, 0.25) is 0 Å². The van der Waals surface area contributed by atoms with Gasteiger partial charge in [-0.1, -0.05) is 12.5 Å². The first-order chi connectivity index (χ1) is 18.3. The van der Waals surface area contributed by atoms with E-state index in [1.807, 2.05) is 18.6 Å². The van der Waals surface area contributed by atoms with E-state index in [1.54, 1.807) is 0 Å². The lowest BCUT2D eigenvalue weighted by Crippen LogP contribution is -2.29. The Morgan fingerprint density at radius 1 is 0.784 bits per heavy atom. The highest BCUT2D eigenvalue weighted by Gasteiger charge is 2.18. The molecule has 0 atom stereocenters. The number of fused-ring (bicyclic) bond motifs is 2. The number of benzene rings is 1. The Morgan fingerprint density at radius 2 is 1.59 bits per heavy atom. The molecule has 0 spiro atoms. The van der Waals surface area contributed by atoms with Crippen LogP contribution in [-0.4, -0.2) is 56.2 Å². The molecule has 0 amide bonds. The first-order valence-electron chi connectivity index (χ1n) is 13.7. The average molecular weight is 492 g/mol. The maximum Gasteiger partial charge on any atom is 0.155 e. The molecule has 188 valence electrons. The average Bonchev–Trinajstić information content (AvgIpc) is 3.58. The zero-order valence-corrected chi connectivity index (χ0v) is 21.2. The Balaban J connectivity index is 1.23. The van der Waals surface area contributed by atoms with Gasteiger partial charge in [-0.2, -0.15) is 5.10 Å². The molecule has 0 bridgehead atoms. The van der Waals surface area contributed by atoms with Crippen molar-refractivity contribution in [2.24, 2.45) is 0 Å². The molecule has 2 N–H and O–H groups in total. The summed E-state index contributed by atoms with van der Waals surface area (Å²) in [5.41, 5.74) is 8.60. The van der Waals surface area contributed by atoms with E-state index in [-0.39, 0.29) is 0 Å². The smallest absolute Gasteiger partial charge is 0.155 e. The molecule has 0 radical (unpaired) electrons. The molecule has 0 aliphatic carbocycles. The van der Waals surface area contributed by atoms with Gasteiger partial charge in [0.15, 0.2) is 5.65 Å². The summed E-state index contributed by atoms with van der Waals surface area (Å²) in [6.45, 7) is 5.58. The number of pyridine rings is 2. The number of hydrogen-bond donors (Lipinski definition) is 2. The molecule has 2 saturated heterocycles. The van der Waals surface area contributed by atoms with Crippen molar-refractivity contribution in [3.63, 3.8) is 0 Å². The zero-order chi connectivity index (χ0) is 24.6. The number of nitrogens with zero attached hydrogens (tertiary/aromatic N) is 5. The monoisotopic (exact) mass is 491 g/mol. The second-order valence-corrected chi connectivity index (χ2v) is 10.6. The molecule has 6 heterocycles. The number of hydrogen-bond acceptors (Lipinski definition) is 5. The predicted octanol–water partition coefficient (Wildman–Crippen LogP) is 6.14. The summed E-state index contributed by atoms with van der Waals surface area (Å²) in [5.74, 6) is 0. The minimum Gasteiger partial charge on any atom is -0.371 e. The maximum absolute atomic E-state index is 4.72. The molecule has 0 saturated carbocycles. The molecule has 0 unspecified atom stereocenters. The zero-order valence-electron chi connectivity index (χ0n) is 21.2. The van der Waals surface area contributed by atoms with Gasteiger partial charge in [0.1, 0.15) is 5.69 Å². The van der Waals surface area contributed by atoms with Crippen LogP contribution in [0.3, 0.4) is 0 Å². The van der Waals surface area contributed by atoms with E-state index in [9.17, 15) is 0 Å². The quantitative estimate of drug-likeness (QED) is 0.309. The van der Waals surface area contributed by atoms with Gasteiger partial charge in [0, 0.05) is 71.3 Å². The van der Waals surface area contributed by atoms with Gasteiger partial charge in [0.05, 0.1) is 5.69 Å². The summed E-state index contributed by atoms with van der Waals surface area (Å²) >= 11 is 0. The Hall–Kier alpha value is -3.71. The lowest BCUT2D eigenvalue weighted by atomic mass is 10.0. The number of anilines is 1. The number of aromatic amines is 2. The summed E-state index contributed by atoms with van der Waals surface area (Å²) in [7, 11) is 0. The highest BCUT2D eigenvalue weighted by atomic mass is 15.2. The van der Waals surface area contributed by atoms with Crippen LogP contribution in [0.1, 0.15) is 44.1 Å². The van der Waals surface area contributed by atoms with Crippen LogP contribution in [0.4, 0.5) is 5.69 Å². The number of H-pyrrole nitrogens is 2. The van der Waals surface area contributed by atoms with E-state index in [4.69, 9.17) is 4.98 Å². The minimum absolute atomic E-state index is 0.797. The Labute approximate surface area is 216 Å². The summed E-state index contributed by atoms with van der Waals surface area (Å²) in [6, 6.07) is 13.3. The van der Waals surface area contributed by atoms with Gasteiger partial charge < -0.3 is 9.88 Å². The third-order valence-electron chi connectivity index (χ3n) is 7.99. The van der Waals surface area contributed by atoms with E-state index >= 15 is 0 Å². The normalized spacial score (nSPS) is 17.1. The van der Waals surface area contributed by atoms with Crippen molar-refractivity contribution in [3.05, 3.63) is 60.6 Å². The van der Waals surface area contributed by atoms with Gasteiger partial charge in [-0.15, -0.1) is 0 Å². The van der Waals surface area contributed by atoms with Crippen LogP contribution in [0.2, 0.25) is 0 Å². The molecule has 7 rings (SSSR count). The summed E-state index contributed by atoms with van der Waals surface area (Å²) in [5, 5.41) is 10.1. The summed E-state index contributed by atoms with van der Waals surface area (Å²) in [4.78, 5) is 18.0. The lowest BCUT2D eigenvalue weighted by Gasteiger charge is -2.29. The number of aromatic nitrogens is 5. The minimum atomic E-state index is 0.797. The molecule has 7 nitrogen and oxygen atoms in total. The van der Waals surface area contributed by atoms with Crippen molar-refractivity contribution < 1.29 is 0 Å². The van der Waals surface area contributed by atoms with Crippen molar-refractivity contribution >= 4 is 27.6 Å². The van der Waals surface area contributed by atoms with E-state index in [1.165, 1.54) is 68.3 Å². The molecule has 37 heavy (non-hydrogen) atoms. The molecule has 2 aliphatic heterocycles. The predicted molar refractivity (Wildman–Crippen MR) is 150 cm³/mol. The summed E-state index contributed by atoms with van der Waals surface area (Å²) in [6.07, 6.45) is 13.7. The van der Waals surface area contributed by atoms with Gasteiger partial charge >= 0.3 is 0 Å². The Morgan fingerprint density at radius 3 is 2.46 bits per heavy atom. The number of likely N-dealkylation sites (tertiary alicyclic amines) is 1. The molecular formula is C30H33N7. The van der Waals surface area contributed by atoms with Crippen LogP contribution in [-0.2, 0) is 6.54 Å². The number of nitrogens with one attached hydrogen (secondary N) is 2. The van der Waals surface area contributed by atoms with Crippen LogP contribution in [0.15, 0.2) is 55.0 Å². The van der Waals surface area contributed by atoms with Crippen LogP contribution in [0.5, 0.6) is 0 Å². The van der Waals surface area contributed by atoms with Gasteiger partial charge in [-0.05, 0) is 81.1 Å². The van der Waals surface area contributed by atoms with Crippen LogP contribution < -0.4 is 4.90 Å². The fraction of sp³-hybridized carbons (Fsp3) is 0.367. The first-order valence-corrected chi connectivity index (χ1v) is 13.7. The fourth-order valence-corrected chi connectivity index (χ4v) is 6.05. The SMILES string of the molecule is c1cc(N2CCCCC2)c2cc(-c3n[nH]c4ncc(-c5cncc(CN6CCCCC6)c5)cc34)[nH]c2c1. The van der Waals surface area contributed by atoms with Crippen molar-refractivity contribution in [1.29, 1.82) is 0 Å². The fourth-order valence-electron chi connectivity index (χ4n) is 6.05. The van der Waals surface area contributed by atoms with Crippen LogP contribution in [0, 0.1) is 0 Å². The molecule has 1 aromatic carbocycles. The molecule has 2 fully saturated rings. The second-order valence-electron chi connectivity index (χ2n) is 10.6. The Kier molecular flexibility index (Phi) is 5.85. The van der Waals surface area contributed by atoms with E-state index < -0.39 is 0 Å². The number of piperidine rings is 2. The van der Waals surface area contributed by atoms with E-state index in [0.717, 1.165) is 58.7 Å². The molecule has 7 heteroatoms. The molecule has 5 aromatic rings. The van der Waals surface area contributed by atoms with E-state index in [0.29, 0.717) is 0 Å². The largest absolute Gasteiger partial charge is 0.371 e. The molecular weight excluding hydrogens is 458 g/mol. The standard InChI is InChI=1S/C30H33N7/c1-3-10-36(11-4-1)20-21-14-22(18-31-17-21)23-15-25-29(34-35-30(25)32-19-23)27-16-24-26(33-27)8-7-9-28(24)37-12-5-2-6-13-37/h7-9,14-19,33H,1-6,10-13,20H2,(H,32,34,35). The van der Waals surface area contributed by atoms with Gasteiger partial charge in [0.25, 0.3) is 0 Å². The van der Waals surface area contributed by atoms with E-state index in [2.05, 4.69) is 66.4 Å². The van der Waals surface area contributed by atoms with Crippen LogP contribution >= 0.6 is 0 Å². The molecule has 2 aliphatic rings. The van der Waals surface area contributed by atoms with Gasteiger partial charge in [-0.25, -0.2) is 4.98 Å². The molecule has 4 aromatic heterocycles. The first kappa shape index (κ1) is 22.5. The van der Waals surface area contributed by atoms with Crippen molar-refractivity contribution in [1.82, 2.24) is 30.0 Å². The third kappa shape index (κ3) is 4.37. The van der Waals surface area contributed by atoms with Crippen LogP contribution in [0.25, 0.3) is 44.5 Å². The highest BCUT2D eigenvalue weighted by molar-refractivity contribution is 6.00. The number of rotatable bonds is 5. The van der Waals surface area contributed by atoms with Crippen molar-refractivity contribution in [2.45, 2.75) is 45.1 Å². The maximum atomic E-state index is 4.72. The highest BCUT2D eigenvalue weighted by Crippen LogP contribution is 2.35. The topological polar surface area (TPSA) is 76.7 Å². The third-order valence-corrected chi connectivity index (χ3v) is 7.99. The lowest BCUT2D eigenvalue weighted by molar-refractivity contribution is 0.220. The Bertz CT molecular complexity index is 1540. The van der Waals surface area contributed by atoms with Gasteiger partial charge in [-0.3, -0.25) is 15.0 Å². The second kappa shape index (κ2) is 9.63.